The molecule has 1 amide bonds. The zero-order valence-corrected chi connectivity index (χ0v) is 16.5. The van der Waals surface area contributed by atoms with E-state index in [4.69, 9.17) is 0 Å². The van der Waals surface area contributed by atoms with Gasteiger partial charge in [0.25, 0.3) is 0 Å². The van der Waals surface area contributed by atoms with Gasteiger partial charge >= 0.3 is 0 Å². The number of amides is 1. The van der Waals surface area contributed by atoms with Crippen LogP contribution >= 0.6 is 0 Å². The van der Waals surface area contributed by atoms with E-state index in [1.165, 1.54) is 12.4 Å². The molecule has 0 saturated carbocycles. The SMILES string of the molecule is O=C1CCCN1c1cn2c(-c3nc(N[C@H]4CNCC[C@@H]4F)c(F)cc3F)cnc2cn1. The Balaban J connectivity index is 1.54. The lowest BCUT2D eigenvalue weighted by Gasteiger charge is -2.28. The highest BCUT2D eigenvalue weighted by atomic mass is 19.1. The van der Waals surface area contributed by atoms with Crippen molar-refractivity contribution in [3.8, 4) is 11.4 Å². The second kappa shape index (κ2) is 7.80. The molecule has 2 aliphatic heterocycles. The molecule has 11 heteroatoms. The summed E-state index contributed by atoms with van der Waals surface area (Å²) in [6.45, 7) is 1.41. The van der Waals surface area contributed by atoms with Gasteiger partial charge in [-0.1, -0.05) is 0 Å². The fourth-order valence-electron chi connectivity index (χ4n) is 3.98. The Morgan fingerprint density at radius 2 is 2.06 bits per heavy atom. The van der Waals surface area contributed by atoms with E-state index in [0.717, 1.165) is 12.5 Å². The molecule has 2 aliphatic rings. The average Bonchev–Trinajstić information content (AvgIpc) is 3.37. The molecule has 3 aromatic heterocycles. The van der Waals surface area contributed by atoms with Gasteiger partial charge in [-0.3, -0.25) is 14.1 Å². The molecule has 0 radical (unpaired) electrons. The number of nitrogens with zero attached hydrogens (tertiary/aromatic N) is 5. The standard InChI is InChI=1S/C20H20F3N7O/c21-11-3-4-24-7-14(11)27-20-13(23)6-12(22)19(28-20)15-8-25-16-9-26-17(10-30(15)16)29-5-1-2-18(29)31/h6,8-11,14,24H,1-5,7H2,(H,27,28)/t11-,14-/m0/s1. The number of fused-ring (bicyclic) bond motifs is 1. The van der Waals surface area contributed by atoms with Crippen molar-refractivity contribution in [2.75, 3.05) is 29.9 Å². The van der Waals surface area contributed by atoms with Crippen molar-refractivity contribution in [1.29, 1.82) is 0 Å². The fourth-order valence-corrected chi connectivity index (χ4v) is 3.98. The van der Waals surface area contributed by atoms with Crippen molar-refractivity contribution >= 4 is 23.2 Å². The number of pyridine rings is 1. The minimum Gasteiger partial charge on any atom is -0.361 e. The number of imidazole rings is 1. The minimum atomic E-state index is -1.17. The quantitative estimate of drug-likeness (QED) is 0.659. The van der Waals surface area contributed by atoms with E-state index in [0.29, 0.717) is 43.9 Å². The van der Waals surface area contributed by atoms with E-state index in [1.54, 1.807) is 15.5 Å². The molecular weight excluding hydrogens is 411 g/mol. The monoisotopic (exact) mass is 431 g/mol. The summed E-state index contributed by atoms with van der Waals surface area (Å²) in [5.74, 6) is -1.62. The number of nitrogens with one attached hydrogen (secondary N) is 2. The van der Waals surface area contributed by atoms with Crippen LogP contribution in [0.3, 0.4) is 0 Å². The van der Waals surface area contributed by atoms with Gasteiger partial charge in [0.05, 0.1) is 30.3 Å². The molecule has 0 bridgehead atoms. The molecule has 0 aromatic carbocycles. The summed E-state index contributed by atoms with van der Waals surface area (Å²) >= 11 is 0. The van der Waals surface area contributed by atoms with Crippen LogP contribution < -0.4 is 15.5 Å². The summed E-state index contributed by atoms with van der Waals surface area (Å²) in [6, 6.07) is 0.0489. The molecule has 3 aromatic rings. The van der Waals surface area contributed by atoms with Crippen LogP contribution in [0.4, 0.5) is 24.8 Å². The van der Waals surface area contributed by atoms with Crippen molar-refractivity contribution in [2.24, 2.45) is 0 Å². The number of anilines is 2. The summed E-state index contributed by atoms with van der Waals surface area (Å²) < 4.78 is 44.8. The number of hydrogen-bond donors (Lipinski definition) is 2. The highest BCUT2D eigenvalue weighted by Gasteiger charge is 2.27. The Kier molecular flexibility index (Phi) is 4.97. The van der Waals surface area contributed by atoms with E-state index in [1.807, 2.05) is 0 Å². The molecule has 2 atom stereocenters. The number of piperidine rings is 1. The van der Waals surface area contributed by atoms with Gasteiger partial charge in [0, 0.05) is 25.6 Å². The highest BCUT2D eigenvalue weighted by molar-refractivity contribution is 5.94. The first-order valence-electron chi connectivity index (χ1n) is 10.1. The molecule has 8 nitrogen and oxygen atoms in total. The van der Waals surface area contributed by atoms with Crippen LogP contribution in [0.5, 0.6) is 0 Å². The van der Waals surface area contributed by atoms with Crippen LogP contribution in [0, 0.1) is 11.6 Å². The maximum atomic E-state index is 14.7. The summed E-state index contributed by atoms with van der Waals surface area (Å²) in [6.07, 6.45) is 4.78. The van der Waals surface area contributed by atoms with Crippen molar-refractivity contribution in [1.82, 2.24) is 24.7 Å². The predicted molar refractivity (Wildman–Crippen MR) is 108 cm³/mol. The second-order valence-electron chi connectivity index (χ2n) is 7.67. The third kappa shape index (κ3) is 3.58. The van der Waals surface area contributed by atoms with E-state index in [-0.39, 0.29) is 23.1 Å². The van der Waals surface area contributed by atoms with Gasteiger partial charge in [0.15, 0.2) is 28.9 Å². The summed E-state index contributed by atoms with van der Waals surface area (Å²) in [7, 11) is 0. The van der Waals surface area contributed by atoms with Gasteiger partial charge in [-0.05, 0) is 19.4 Å². The summed E-state index contributed by atoms with van der Waals surface area (Å²) in [4.78, 5) is 26.2. The Labute approximate surface area is 175 Å². The first kappa shape index (κ1) is 19.7. The lowest BCUT2D eigenvalue weighted by atomic mass is 10.1. The normalized spacial score (nSPS) is 21.8. The molecule has 2 N–H and O–H groups in total. The Morgan fingerprint density at radius 1 is 1.19 bits per heavy atom. The molecule has 2 saturated heterocycles. The number of carbonyl (C=O) groups excluding carboxylic acids is 1. The van der Waals surface area contributed by atoms with Gasteiger partial charge in [-0.2, -0.15) is 0 Å². The van der Waals surface area contributed by atoms with Crippen LogP contribution in [-0.2, 0) is 4.79 Å². The van der Waals surface area contributed by atoms with E-state index in [9.17, 15) is 18.0 Å². The Morgan fingerprint density at radius 3 is 2.84 bits per heavy atom. The third-order valence-corrected chi connectivity index (χ3v) is 5.62. The van der Waals surface area contributed by atoms with Crippen LogP contribution in [-0.4, -0.2) is 57.1 Å². The van der Waals surface area contributed by atoms with Crippen LogP contribution in [0.25, 0.3) is 17.0 Å². The number of aromatic nitrogens is 4. The van der Waals surface area contributed by atoms with Gasteiger partial charge in [0.1, 0.15) is 11.9 Å². The summed E-state index contributed by atoms with van der Waals surface area (Å²) in [5.41, 5.74) is 0.552. The van der Waals surface area contributed by atoms with Gasteiger partial charge < -0.3 is 10.6 Å². The van der Waals surface area contributed by atoms with Crippen molar-refractivity contribution in [2.45, 2.75) is 31.5 Å². The molecule has 162 valence electrons. The van der Waals surface area contributed by atoms with Gasteiger partial charge in [-0.25, -0.2) is 28.1 Å². The minimum absolute atomic E-state index is 0.0343. The molecule has 2 fully saturated rings. The molecular formula is C20H20F3N7O. The number of rotatable bonds is 4. The maximum Gasteiger partial charge on any atom is 0.228 e. The van der Waals surface area contributed by atoms with E-state index in [2.05, 4.69) is 25.6 Å². The number of alkyl halides is 1. The first-order chi connectivity index (χ1) is 15.0. The molecule has 0 unspecified atom stereocenters. The lowest BCUT2D eigenvalue weighted by molar-refractivity contribution is -0.117. The van der Waals surface area contributed by atoms with Crippen molar-refractivity contribution < 1.29 is 18.0 Å². The van der Waals surface area contributed by atoms with E-state index >= 15 is 0 Å². The Bertz CT molecular complexity index is 1150. The zero-order chi connectivity index (χ0) is 21.5. The van der Waals surface area contributed by atoms with Crippen molar-refractivity contribution in [3.63, 3.8) is 0 Å². The molecule has 0 spiro atoms. The Hall–Kier alpha value is -3.21. The van der Waals surface area contributed by atoms with Crippen LogP contribution in [0.15, 0.2) is 24.7 Å². The third-order valence-electron chi connectivity index (χ3n) is 5.62. The van der Waals surface area contributed by atoms with Gasteiger partial charge in [-0.15, -0.1) is 0 Å². The molecule has 5 rings (SSSR count). The molecule has 5 heterocycles. The summed E-state index contributed by atoms with van der Waals surface area (Å²) in [5, 5.41) is 5.79. The number of hydrogen-bond acceptors (Lipinski definition) is 6. The van der Waals surface area contributed by atoms with Crippen molar-refractivity contribution in [3.05, 3.63) is 36.3 Å². The lowest BCUT2D eigenvalue weighted by Crippen LogP contribution is -2.46. The zero-order valence-electron chi connectivity index (χ0n) is 16.5. The number of carbonyl (C=O) groups is 1. The fraction of sp³-hybridized carbons (Fsp3) is 0.400. The average molecular weight is 431 g/mol. The number of halogens is 3. The smallest absolute Gasteiger partial charge is 0.228 e. The maximum absolute atomic E-state index is 14.7. The van der Waals surface area contributed by atoms with E-state index < -0.39 is 23.8 Å². The molecule has 0 aliphatic carbocycles. The first-order valence-corrected chi connectivity index (χ1v) is 10.1. The van der Waals surface area contributed by atoms with Crippen LogP contribution in [0.1, 0.15) is 19.3 Å². The molecule has 31 heavy (non-hydrogen) atoms. The second-order valence-corrected chi connectivity index (χ2v) is 7.67. The van der Waals surface area contributed by atoms with Crippen LogP contribution in [0.2, 0.25) is 0 Å². The highest BCUT2D eigenvalue weighted by Crippen LogP contribution is 2.28. The van der Waals surface area contributed by atoms with Gasteiger partial charge in [0.2, 0.25) is 5.91 Å². The predicted octanol–water partition coefficient (Wildman–Crippen LogP) is 2.31. The largest absolute Gasteiger partial charge is 0.361 e. The topological polar surface area (TPSA) is 87.5 Å².